The van der Waals surface area contributed by atoms with Crippen LogP contribution in [-0.4, -0.2) is 51.0 Å². The molecule has 0 atom stereocenters. The van der Waals surface area contributed by atoms with Crippen molar-refractivity contribution in [1.29, 1.82) is 0 Å². The predicted octanol–water partition coefficient (Wildman–Crippen LogP) is 2.49. The fourth-order valence-corrected chi connectivity index (χ4v) is 3.10. The molecule has 0 saturated carbocycles. The maximum Gasteiger partial charge on any atom is 0.223 e. The minimum atomic E-state index is 0.556. The van der Waals surface area contributed by atoms with Gasteiger partial charge in [-0.15, -0.1) is 0 Å². The first-order valence-corrected chi connectivity index (χ1v) is 9.38. The Morgan fingerprint density at radius 3 is 2.75 bits per heavy atom. The second-order valence-electron chi connectivity index (χ2n) is 6.11. The van der Waals surface area contributed by atoms with Crippen LogP contribution in [0, 0.1) is 19.8 Å². The number of hydrogen-bond donors (Lipinski definition) is 0. The van der Waals surface area contributed by atoms with Gasteiger partial charge in [-0.05, 0) is 45.0 Å². The lowest BCUT2D eigenvalue weighted by atomic mass is 9.98. The van der Waals surface area contributed by atoms with E-state index in [0.29, 0.717) is 24.3 Å². The monoisotopic (exact) mass is 349 g/mol. The molecule has 0 N–H and O–H groups in total. The van der Waals surface area contributed by atoms with Crippen LogP contribution in [0.25, 0.3) is 0 Å². The zero-order chi connectivity index (χ0) is 16.9. The van der Waals surface area contributed by atoms with Gasteiger partial charge >= 0.3 is 0 Å². The van der Waals surface area contributed by atoms with Crippen molar-refractivity contribution >= 4 is 11.8 Å². The molecule has 0 unspecified atom stereocenters. The van der Waals surface area contributed by atoms with E-state index in [1.165, 1.54) is 11.8 Å². The SMILES string of the molecule is CSc1ncc(C)c(OCC2CCN(Cc3noc(C)n3)CC2)n1. The number of aromatic nitrogens is 4. The third-order valence-corrected chi connectivity index (χ3v) is 4.75. The Morgan fingerprint density at radius 2 is 2.08 bits per heavy atom. The Kier molecular flexibility index (Phi) is 5.68. The van der Waals surface area contributed by atoms with Crippen molar-refractivity contribution < 1.29 is 9.26 Å². The summed E-state index contributed by atoms with van der Waals surface area (Å²) in [5, 5.41) is 4.71. The Labute approximate surface area is 146 Å². The fraction of sp³-hybridized carbons (Fsp3) is 0.625. The summed E-state index contributed by atoms with van der Waals surface area (Å²) in [5.41, 5.74) is 0.984. The quantitative estimate of drug-likeness (QED) is 0.581. The maximum absolute atomic E-state index is 5.95. The first kappa shape index (κ1) is 17.2. The summed E-state index contributed by atoms with van der Waals surface area (Å²) >= 11 is 1.53. The molecular formula is C16H23N5O2S. The van der Waals surface area contributed by atoms with Gasteiger partial charge in [0.1, 0.15) is 0 Å². The van der Waals surface area contributed by atoms with Crippen LogP contribution in [-0.2, 0) is 6.54 Å². The van der Waals surface area contributed by atoms with Crippen molar-refractivity contribution in [2.75, 3.05) is 26.0 Å². The molecule has 1 saturated heterocycles. The van der Waals surface area contributed by atoms with Crippen molar-refractivity contribution in [2.45, 2.75) is 38.4 Å². The average molecular weight is 349 g/mol. The number of hydrogen-bond acceptors (Lipinski definition) is 8. The van der Waals surface area contributed by atoms with E-state index in [9.17, 15) is 0 Å². The van der Waals surface area contributed by atoms with Crippen molar-refractivity contribution in [2.24, 2.45) is 5.92 Å². The molecule has 1 fully saturated rings. The van der Waals surface area contributed by atoms with Gasteiger partial charge in [-0.2, -0.15) is 9.97 Å². The molecule has 0 aromatic carbocycles. The summed E-state index contributed by atoms with van der Waals surface area (Å²) in [6.45, 7) is 7.32. The van der Waals surface area contributed by atoms with Gasteiger partial charge < -0.3 is 9.26 Å². The minimum absolute atomic E-state index is 0.556. The van der Waals surface area contributed by atoms with Gasteiger partial charge in [-0.1, -0.05) is 16.9 Å². The first-order chi connectivity index (χ1) is 11.6. The predicted molar refractivity (Wildman–Crippen MR) is 91.1 cm³/mol. The fourth-order valence-electron chi connectivity index (χ4n) is 2.77. The highest BCUT2D eigenvalue weighted by molar-refractivity contribution is 7.98. The lowest BCUT2D eigenvalue weighted by molar-refractivity contribution is 0.131. The zero-order valence-electron chi connectivity index (χ0n) is 14.4. The molecule has 0 radical (unpaired) electrons. The summed E-state index contributed by atoms with van der Waals surface area (Å²) in [7, 11) is 0. The second-order valence-corrected chi connectivity index (χ2v) is 6.88. The van der Waals surface area contributed by atoms with Crippen LogP contribution < -0.4 is 4.74 Å². The standard InChI is InChI=1S/C16H23N5O2S/c1-11-8-17-16(24-3)19-15(11)22-10-13-4-6-21(7-5-13)9-14-18-12(2)23-20-14/h8,13H,4-7,9-10H2,1-3H3. The van der Waals surface area contributed by atoms with E-state index in [1.807, 2.05) is 26.3 Å². The lowest BCUT2D eigenvalue weighted by Gasteiger charge is -2.30. The van der Waals surface area contributed by atoms with E-state index in [-0.39, 0.29) is 0 Å². The third kappa shape index (κ3) is 4.45. The number of ether oxygens (including phenoxy) is 1. The third-order valence-electron chi connectivity index (χ3n) is 4.18. The van der Waals surface area contributed by atoms with Crippen molar-refractivity contribution in [3.05, 3.63) is 23.5 Å². The smallest absolute Gasteiger partial charge is 0.223 e. The summed E-state index contributed by atoms with van der Waals surface area (Å²) in [6, 6.07) is 0. The Morgan fingerprint density at radius 1 is 1.29 bits per heavy atom. The van der Waals surface area contributed by atoms with Crippen LogP contribution in [0.5, 0.6) is 5.88 Å². The molecule has 8 heteroatoms. The van der Waals surface area contributed by atoms with Crippen molar-refractivity contribution in [1.82, 2.24) is 25.0 Å². The maximum atomic E-state index is 5.95. The molecule has 1 aliphatic heterocycles. The van der Waals surface area contributed by atoms with E-state index in [0.717, 1.165) is 49.0 Å². The van der Waals surface area contributed by atoms with Crippen LogP contribution in [0.2, 0.25) is 0 Å². The first-order valence-electron chi connectivity index (χ1n) is 8.16. The van der Waals surface area contributed by atoms with Crippen LogP contribution in [0.1, 0.15) is 30.1 Å². The van der Waals surface area contributed by atoms with Gasteiger partial charge in [0.15, 0.2) is 11.0 Å². The van der Waals surface area contributed by atoms with Crippen LogP contribution >= 0.6 is 11.8 Å². The molecule has 7 nitrogen and oxygen atoms in total. The molecule has 130 valence electrons. The topological polar surface area (TPSA) is 77.2 Å². The summed E-state index contributed by atoms with van der Waals surface area (Å²) in [4.78, 5) is 15.3. The molecule has 3 heterocycles. The average Bonchev–Trinajstić information content (AvgIpc) is 3.00. The van der Waals surface area contributed by atoms with Gasteiger partial charge in [-0.25, -0.2) is 4.98 Å². The van der Waals surface area contributed by atoms with Crippen molar-refractivity contribution in [3.8, 4) is 5.88 Å². The molecule has 3 rings (SSSR count). The van der Waals surface area contributed by atoms with Gasteiger partial charge in [0.2, 0.25) is 11.8 Å². The molecule has 0 aliphatic carbocycles. The normalized spacial score (nSPS) is 16.5. The lowest BCUT2D eigenvalue weighted by Crippen LogP contribution is -2.35. The van der Waals surface area contributed by atoms with Gasteiger partial charge in [0.05, 0.1) is 13.2 Å². The van der Waals surface area contributed by atoms with E-state index < -0.39 is 0 Å². The molecule has 24 heavy (non-hydrogen) atoms. The van der Waals surface area contributed by atoms with E-state index >= 15 is 0 Å². The van der Waals surface area contributed by atoms with Gasteiger partial charge in [-0.3, -0.25) is 4.90 Å². The number of nitrogens with zero attached hydrogens (tertiary/aromatic N) is 5. The highest BCUT2D eigenvalue weighted by atomic mass is 32.2. The molecule has 0 bridgehead atoms. The zero-order valence-corrected chi connectivity index (χ0v) is 15.2. The number of likely N-dealkylation sites (tertiary alicyclic amines) is 1. The molecule has 2 aromatic heterocycles. The number of thioether (sulfide) groups is 1. The Hall–Kier alpha value is -1.67. The molecule has 0 spiro atoms. The van der Waals surface area contributed by atoms with Crippen LogP contribution in [0.4, 0.5) is 0 Å². The number of piperidine rings is 1. The highest BCUT2D eigenvalue weighted by Crippen LogP contribution is 2.22. The second kappa shape index (κ2) is 7.94. The molecule has 0 amide bonds. The van der Waals surface area contributed by atoms with E-state index in [1.54, 1.807) is 0 Å². The van der Waals surface area contributed by atoms with Gasteiger partial charge in [0, 0.05) is 18.7 Å². The highest BCUT2D eigenvalue weighted by Gasteiger charge is 2.21. The molecule has 2 aromatic rings. The van der Waals surface area contributed by atoms with E-state index in [4.69, 9.17) is 9.26 Å². The largest absolute Gasteiger partial charge is 0.477 e. The summed E-state index contributed by atoms with van der Waals surface area (Å²) < 4.78 is 11.0. The summed E-state index contributed by atoms with van der Waals surface area (Å²) in [5.74, 6) is 2.65. The summed E-state index contributed by atoms with van der Waals surface area (Å²) in [6.07, 6.45) is 6.01. The Balaban J connectivity index is 1.45. The number of aryl methyl sites for hydroxylation is 2. The van der Waals surface area contributed by atoms with Crippen molar-refractivity contribution in [3.63, 3.8) is 0 Å². The van der Waals surface area contributed by atoms with Gasteiger partial charge in [0.25, 0.3) is 0 Å². The number of rotatable bonds is 6. The Bertz CT molecular complexity index is 670. The van der Waals surface area contributed by atoms with E-state index in [2.05, 4.69) is 25.0 Å². The minimum Gasteiger partial charge on any atom is -0.477 e. The molecule has 1 aliphatic rings. The van der Waals surface area contributed by atoms with Crippen LogP contribution in [0.15, 0.2) is 15.9 Å². The van der Waals surface area contributed by atoms with Crippen LogP contribution in [0.3, 0.4) is 0 Å². The molecular weight excluding hydrogens is 326 g/mol.